The number of rotatable bonds is 5. The molecule has 2 rings (SSSR count). The Balaban J connectivity index is 1.99. The van der Waals surface area contributed by atoms with Crippen molar-refractivity contribution in [3.05, 3.63) is 11.8 Å². The lowest BCUT2D eigenvalue weighted by atomic mass is 10.3. The molecule has 0 aromatic carbocycles. The van der Waals surface area contributed by atoms with Gasteiger partial charge in [0.2, 0.25) is 5.88 Å². The van der Waals surface area contributed by atoms with Crippen molar-refractivity contribution in [2.45, 2.75) is 39.7 Å². The first-order valence-electron chi connectivity index (χ1n) is 6.62. The van der Waals surface area contributed by atoms with Crippen LogP contribution in [0.25, 0.3) is 0 Å². The van der Waals surface area contributed by atoms with Gasteiger partial charge in [-0.15, -0.1) is 5.10 Å². The van der Waals surface area contributed by atoms with Gasteiger partial charge in [-0.25, -0.2) is 0 Å². The summed E-state index contributed by atoms with van der Waals surface area (Å²) in [7, 11) is 0. The van der Waals surface area contributed by atoms with E-state index in [0.717, 1.165) is 12.4 Å². The van der Waals surface area contributed by atoms with Crippen LogP contribution in [0, 0.1) is 6.92 Å². The second-order valence-corrected chi connectivity index (χ2v) is 4.86. The van der Waals surface area contributed by atoms with Crippen molar-refractivity contribution in [2.75, 3.05) is 26.2 Å². The molecule has 96 valence electrons. The molecule has 0 amide bonds. The zero-order valence-electron chi connectivity index (χ0n) is 11.1. The van der Waals surface area contributed by atoms with Crippen LogP contribution in [0.4, 0.5) is 0 Å². The summed E-state index contributed by atoms with van der Waals surface area (Å²) in [4.78, 5) is 2.52. The number of hydrogen-bond acceptors (Lipinski definition) is 3. The maximum absolute atomic E-state index is 5.44. The maximum atomic E-state index is 5.44. The van der Waals surface area contributed by atoms with E-state index in [1.165, 1.54) is 31.6 Å². The van der Waals surface area contributed by atoms with Crippen LogP contribution in [-0.4, -0.2) is 40.9 Å². The maximum Gasteiger partial charge on any atom is 0.232 e. The number of aromatic nitrogens is 2. The van der Waals surface area contributed by atoms with Gasteiger partial charge >= 0.3 is 0 Å². The van der Waals surface area contributed by atoms with Gasteiger partial charge in [0.25, 0.3) is 0 Å². The van der Waals surface area contributed by atoms with Crippen molar-refractivity contribution in [3.8, 4) is 5.88 Å². The Hall–Kier alpha value is -1.03. The molecular weight excluding hydrogens is 214 g/mol. The molecule has 1 atom stereocenters. The van der Waals surface area contributed by atoms with Crippen LogP contribution < -0.4 is 4.74 Å². The van der Waals surface area contributed by atoms with E-state index in [1.807, 2.05) is 13.0 Å². The Labute approximate surface area is 104 Å². The van der Waals surface area contributed by atoms with Gasteiger partial charge in [-0.3, -0.25) is 4.68 Å². The first kappa shape index (κ1) is 12.4. The number of likely N-dealkylation sites (tertiary alicyclic amines) is 1. The molecule has 1 unspecified atom stereocenters. The van der Waals surface area contributed by atoms with E-state index in [9.17, 15) is 0 Å². The minimum Gasteiger partial charge on any atom is -0.477 e. The standard InChI is InChI=1S/C13H23N3O/c1-4-17-13-9-11(2)16(14-13)12(3)10-15-7-5-6-8-15/h9,12H,4-8,10H2,1-3H3. The monoisotopic (exact) mass is 237 g/mol. The lowest BCUT2D eigenvalue weighted by Crippen LogP contribution is -2.28. The molecule has 0 N–H and O–H groups in total. The van der Waals surface area contributed by atoms with Crippen molar-refractivity contribution in [3.63, 3.8) is 0 Å². The quantitative estimate of drug-likeness (QED) is 0.787. The van der Waals surface area contributed by atoms with Gasteiger partial charge < -0.3 is 9.64 Å². The second-order valence-electron chi connectivity index (χ2n) is 4.86. The average Bonchev–Trinajstić information content (AvgIpc) is 2.88. The molecule has 1 aromatic heterocycles. The van der Waals surface area contributed by atoms with Crippen molar-refractivity contribution in [1.82, 2.24) is 14.7 Å². The summed E-state index contributed by atoms with van der Waals surface area (Å²) < 4.78 is 7.53. The van der Waals surface area contributed by atoms with Gasteiger partial charge in [0.15, 0.2) is 0 Å². The Bertz CT molecular complexity index is 356. The Morgan fingerprint density at radius 1 is 1.41 bits per heavy atom. The summed E-state index contributed by atoms with van der Waals surface area (Å²) in [5.74, 6) is 0.748. The SMILES string of the molecule is CCOc1cc(C)n(C(C)CN2CCCC2)n1. The van der Waals surface area contributed by atoms with Crippen LogP contribution in [0.3, 0.4) is 0 Å². The minimum atomic E-state index is 0.419. The zero-order valence-corrected chi connectivity index (χ0v) is 11.1. The van der Waals surface area contributed by atoms with Gasteiger partial charge in [-0.1, -0.05) is 0 Å². The average molecular weight is 237 g/mol. The van der Waals surface area contributed by atoms with Crippen LogP contribution in [0.5, 0.6) is 5.88 Å². The van der Waals surface area contributed by atoms with Gasteiger partial charge in [0.1, 0.15) is 0 Å². The molecule has 0 saturated carbocycles. The van der Waals surface area contributed by atoms with Crippen molar-refractivity contribution in [2.24, 2.45) is 0 Å². The number of ether oxygens (including phenoxy) is 1. The minimum absolute atomic E-state index is 0.419. The van der Waals surface area contributed by atoms with E-state index in [-0.39, 0.29) is 0 Å². The third kappa shape index (κ3) is 3.00. The third-order valence-corrected chi connectivity index (χ3v) is 3.33. The highest BCUT2D eigenvalue weighted by Gasteiger charge is 2.17. The Morgan fingerprint density at radius 2 is 2.12 bits per heavy atom. The van der Waals surface area contributed by atoms with Gasteiger partial charge in [-0.05, 0) is 46.7 Å². The molecule has 0 bridgehead atoms. The summed E-state index contributed by atoms with van der Waals surface area (Å²) in [6.07, 6.45) is 2.68. The molecule has 0 aliphatic carbocycles. The lowest BCUT2D eigenvalue weighted by molar-refractivity contribution is 0.268. The largest absolute Gasteiger partial charge is 0.477 e. The van der Waals surface area contributed by atoms with Crippen molar-refractivity contribution >= 4 is 0 Å². The highest BCUT2D eigenvalue weighted by atomic mass is 16.5. The molecule has 17 heavy (non-hydrogen) atoms. The van der Waals surface area contributed by atoms with E-state index in [2.05, 4.69) is 28.5 Å². The smallest absolute Gasteiger partial charge is 0.232 e. The molecule has 0 radical (unpaired) electrons. The molecular formula is C13H23N3O. The van der Waals surface area contributed by atoms with Crippen LogP contribution in [0.1, 0.15) is 38.4 Å². The van der Waals surface area contributed by atoms with E-state index >= 15 is 0 Å². The van der Waals surface area contributed by atoms with E-state index in [1.54, 1.807) is 0 Å². The van der Waals surface area contributed by atoms with Crippen molar-refractivity contribution < 1.29 is 4.74 Å². The predicted molar refractivity (Wildman–Crippen MR) is 68.5 cm³/mol. The number of hydrogen-bond donors (Lipinski definition) is 0. The molecule has 1 saturated heterocycles. The Kier molecular flexibility index (Phi) is 4.05. The first-order valence-corrected chi connectivity index (χ1v) is 6.62. The Morgan fingerprint density at radius 3 is 2.76 bits per heavy atom. The zero-order chi connectivity index (χ0) is 12.3. The fourth-order valence-corrected chi connectivity index (χ4v) is 2.54. The normalized spacial score (nSPS) is 18.5. The van der Waals surface area contributed by atoms with E-state index < -0.39 is 0 Å². The highest BCUT2D eigenvalue weighted by Crippen LogP contribution is 2.18. The molecule has 4 heteroatoms. The van der Waals surface area contributed by atoms with Gasteiger partial charge in [0, 0.05) is 18.3 Å². The summed E-state index contributed by atoms with van der Waals surface area (Å²) in [5, 5.41) is 4.51. The van der Waals surface area contributed by atoms with Crippen molar-refractivity contribution in [1.29, 1.82) is 0 Å². The summed E-state index contributed by atoms with van der Waals surface area (Å²) >= 11 is 0. The molecule has 2 heterocycles. The van der Waals surface area contributed by atoms with Crippen LogP contribution in [0.15, 0.2) is 6.07 Å². The van der Waals surface area contributed by atoms with Crippen LogP contribution >= 0.6 is 0 Å². The number of aryl methyl sites for hydroxylation is 1. The summed E-state index contributed by atoms with van der Waals surface area (Å²) in [6.45, 7) is 10.6. The first-order chi connectivity index (χ1) is 8.20. The van der Waals surface area contributed by atoms with Gasteiger partial charge in [-0.2, -0.15) is 0 Å². The fourth-order valence-electron chi connectivity index (χ4n) is 2.54. The molecule has 0 spiro atoms. The molecule has 1 fully saturated rings. The molecule has 4 nitrogen and oxygen atoms in total. The number of nitrogens with zero attached hydrogens (tertiary/aromatic N) is 3. The summed E-state index contributed by atoms with van der Waals surface area (Å²) in [5.41, 5.74) is 1.18. The van der Waals surface area contributed by atoms with Crippen LogP contribution in [0.2, 0.25) is 0 Å². The topological polar surface area (TPSA) is 30.3 Å². The highest BCUT2D eigenvalue weighted by molar-refractivity contribution is 5.14. The molecule has 1 aliphatic heterocycles. The summed E-state index contributed by atoms with van der Waals surface area (Å²) in [6, 6.07) is 2.44. The van der Waals surface area contributed by atoms with Crippen LogP contribution in [-0.2, 0) is 0 Å². The molecule has 1 aromatic rings. The second kappa shape index (κ2) is 5.54. The van der Waals surface area contributed by atoms with Gasteiger partial charge in [0.05, 0.1) is 12.6 Å². The van der Waals surface area contributed by atoms with E-state index in [0.29, 0.717) is 12.6 Å². The van der Waals surface area contributed by atoms with E-state index in [4.69, 9.17) is 4.74 Å². The predicted octanol–water partition coefficient (Wildman–Crippen LogP) is 2.25. The molecule has 1 aliphatic rings. The lowest BCUT2D eigenvalue weighted by Gasteiger charge is -2.21. The third-order valence-electron chi connectivity index (χ3n) is 3.33. The fraction of sp³-hybridized carbons (Fsp3) is 0.769.